The van der Waals surface area contributed by atoms with Crippen LogP contribution in [0.15, 0.2) is 36.7 Å². The van der Waals surface area contributed by atoms with Crippen LogP contribution >= 0.6 is 0 Å². The molecule has 5 heteroatoms. The van der Waals surface area contributed by atoms with Gasteiger partial charge in [-0.1, -0.05) is 24.3 Å². The number of nitrogens with one attached hydrogen (secondary N) is 2. The molecule has 0 bridgehead atoms. The Hall–Kier alpha value is -2.66. The van der Waals surface area contributed by atoms with E-state index in [1.807, 2.05) is 43.6 Å². The summed E-state index contributed by atoms with van der Waals surface area (Å²) < 4.78 is 0. The van der Waals surface area contributed by atoms with Crippen molar-refractivity contribution in [1.29, 1.82) is 0 Å². The molecular formula is C18H18N4O. The summed E-state index contributed by atoms with van der Waals surface area (Å²) in [5.74, 6) is 0. The highest BCUT2D eigenvalue weighted by molar-refractivity contribution is 6.08. The van der Waals surface area contributed by atoms with Crippen LogP contribution in [0.5, 0.6) is 0 Å². The summed E-state index contributed by atoms with van der Waals surface area (Å²) in [5, 5.41) is 18.7. The van der Waals surface area contributed by atoms with Crippen molar-refractivity contribution in [2.24, 2.45) is 0 Å². The van der Waals surface area contributed by atoms with E-state index in [4.69, 9.17) is 0 Å². The standard InChI is InChI=1S/C18H18N4O/c1-10-8-19-17-14(10)16-13(9-20-17)15(21-22-16)11-4-6-12(7-5-11)18(2,3)23/h4-9,21-23H,1-3H3. The molecule has 0 spiro atoms. The van der Waals surface area contributed by atoms with Gasteiger partial charge in [-0.05, 0) is 31.9 Å². The Morgan fingerprint density at radius 2 is 1.70 bits per heavy atom. The van der Waals surface area contributed by atoms with Gasteiger partial charge < -0.3 is 5.11 Å². The lowest BCUT2D eigenvalue weighted by Crippen LogP contribution is -2.14. The fourth-order valence-electron chi connectivity index (χ4n) is 2.98. The number of pyridine rings is 1. The molecule has 3 heterocycles. The second-order valence-corrected chi connectivity index (χ2v) is 6.45. The summed E-state index contributed by atoms with van der Waals surface area (Å²) >= 11 is 0. The van der Waals surface area contributed by atoms with Gasteiger partial charge in [-0.25, -0.2) is 9.97 Å². The molecule has 3 aromatic heterocycles. The van der Waals surface area contributed by atoms with Gasteiger partial charge in [0.2, 0.25) is 0 Å². The van der Waals surface area contributed by atoms with Crippen LogP contribution in [0.1, 0.15) is 25.0 Å². The van der Waals surface area contributed by atoms with E-state index in [-0.39, 0.29) is 0 Å². The average molecular weight is 306 g/mol. The Morgan fingerprint density at radius 1 is 1.00 bits per heavy atom. The van der Waals surface area contributed by atoms with Crippen LogP contribution in [0.4, 0.5) is 0 Å². The van der Waals surface area contributed by atoms with Gasteiger partial charge in [0.05, 0.1) is 16.8 Å². The van der Waals surface area contributed by atoms with Gasteiger partial charge in [-0.3, -0.25) is 10.2 Å². The van der Waals surface area contributed by atoms with Crippen LogP contribution in [0.3, 0.4) is 0 Å². The van der Waals surface area contributed by atoms with E-state index < -0.39 is 5.60 Å². The molecule has 0 saturated carbocycles. The first-order valence-electron chi connectivity index (χ1n) is 7.59. The second kappa shape index (κ2) is 4.67. The zero-order chi connectivity index (χ0) is 16.2. The SMILES string of the molecule is Cc1cnc2ncc3c(-c4ccc(C(C)(C)O)cc4)[nH][nH]c3c12. The van der Waals surface area contributed by atoms with Crippen molar-refractivity contribution in [2.45, 2.75) is 26.4 Å². The number of aryl methyl sites for hydroxylation is 1. The molecule has 1 aromatic carbocycles. The minimum atomic E-state index is -0.839. The maximum absolute atomic E-state index is 10.1. The quantitative estimate of drug-likeness (QED) is 0.529. The Morgan fingerprint density at radius 3 is 2.39 bits per heavy atom. The highest BCUT2D eigenvalue weighted by atomic mass is 16.3. The average Bonchev–Trinajstić information content (AvgIpc) is 3.10. The highest BCUT2D eigenvalue weighted by Gasteiger charge is 2.17. The third-order valence-corrected chi connectivity index (χ3v) is 4.30. The molecule has 5 nitrogen and oxygen atoms in total. The van der Waals surface area contributed by atoms with Crippen molar-refractivity contribution in [3.05, 3.63) is 47.8 Å². The van der Waals surface area contributed by atoms with Gasteiger partial charge in [0.25, 0.3) is 0 Å². The van der Waals surface area contributed by atoms with Crippen molar-refractivity contribution >= 4 is 21.9 Å². The van der Waals surface area contributed by atoms with E-state index >= 15 is 0 Å². The summed E-state index contributed by atoms with van der Waals surface area (Å²) in [5.41, 5.74) is 4.96. The predicted octanol–water partition coefficient (Wildman–Crippen LogP) is 3.64. The monoisotopic (exact) mass is 306 g/mol. The largest absolute Gasteiger partial charge is 0.386 e. The van der Waals surface area contributed by atoms with Gasteiger partial charge in [-0.15, -0.1) is 0 Å². The summed E-state index contributed by atoms with van der Waals surface area (Å²) in [6.07, 6.45) is 3.69. The molecule has 0 aliphatic rings. The van der Waals surface area contributed by atoms with E-state index in [1.54, 1.807) is 13.8 Å². The highest BCUT2D eigenvalue weighted by Crippen LogP contribution is 2.32. The Kier molecular flexibility index (Phi) is 2.83. The maximum atomic E-state index is 10.1. The number of nitrogens with zero attached hydrogens (tertiary/aromatic N) is 2. The van der Waals surface area contributed by atoms with Gasteiger partial charge in [0.1, 0.15) is 0 Å². The van der Waals surface area contributed by atoms with Crippen molar-refractivity contribution in [1.82, 2.24) is 20.2 Å². The first-order valence-corrected chi connectivity index (χ1v) is 7.59. The summed E-state index contributed by atoms with van der Waals surface area (Å²) in [4.78, 5) is 8.77. The molecule has 0 aliphatic carbocycles. The smallest absolute Gasteiger partial charge is 0.161 e. The molecule has 0 saturated heterocycles. The van der Waals surface area contributed by atoms with Crippen LogP contribution in [0, 0.1) is 6.92 Å². The van der Waals surface area contributed by atoms with Crippen molar-refractivity contribution in [3.63, 3.8) is 0 Å². The molecule has 0 radical (unpaired) electrons. The number of hydrogen-bond donors (Lipinski definition) is 3. The van der Waals surface area contributed by atoms with Crippen LogP contribution in [-0.2, 0) is 5.60 Å². The van der Waals surface area contributed by atoms with Crippen LogP contribution in [0.25, 0.3) is 33.2 Å². The molecule has 4 rings (SSSR count). The van der Waals surface area contributed by atoms with Crippen LogP contribution in [0.2, 0.25) is 0 Å². The van der Waals surface area contributed by atoms with Crippen molar-refractivity contribution in [3.8, 4) is 11.3 Å². The second-order valence-electron chi connectivity index (χ2n) is 6.45. The molecule has 23 heavy (non-hydrogen) atoms. The molecule has 116 valence electrons. The number of fused-ring (bicyclic) bond motifs is 3. The van der Waals surface area contributed by atoms with Gasteiger partial charge in [-0.2, -0.15) is 0 Å². The molecule has 0 atom stereocenters. The fraction of sp³-hybridized carbons (Fsp3) is 0.222. The molecular weight excluding hydrogens is 288 g/mol. The zero-order valence-corrected chi connectivity index (χ0v) is 13.3. The number of H-pyrrole nitrogens is 2. The third-order valence-electron chi connectivity index (χ3n) is 4.30. The minimum Gasteiger partial charge on any atom is -0.386 e. The number of hydrogen-bond acceptors (Lipinski definition) is 3. The number of aromatic nitrogens is 4. The van der Waals surface area contributed by atoms with E-state index in [0.717, 1.165) is 44.3 Å². The first-order chi connectivity index (χ1) is 10.9. The molecule has 0 amide bonds. The topological polar surface area (TPSA) is 77.6 Å². The van der Waals surface area contributed by atoms with E-state index in [0.29, 0.717) is 0 Å². The predicted molar refractivity (Wildman–Crippen MR) is 91.2 cm³/mol. The van der Waals surface area contributed by atoms with Crippen LogP contribution in [-0.4, -0.2) is 25.3 Å². The molecule has 4 aromatic rings. The number of rotatable bonds is 2. The Labute approximate surface area is 133 Å². The van der Waals surface area contributed by atoms with Crippen LogP contribution < -0.4 is 0 Å². The molecule has 3 N–H and O–H groups in total. The number of aliphatic hydroxyl groups is 1. The van der Waals surface area contributed by atoms with Crippen molar-refractivity contribution < 1.29 is 5.11 Å². The Bertz CT molecular complexity index is 1000. The lowest BCUT2D eigenvalue weighted by atomic mass is 9.96. The summed E-state index contributed by atoms with van der Waals surface area (Å²) in [7, 11) is 0. The van der Waals surface area contributed by atoms with Gasteiger partial charge in [0.15, 0.2) is 5.65 Å². The summed E-state index contributed by atoms with van der Waals surface area (Å²) in [6.45, 7) is 5.60. The lowest BCUT2D eigenvalue weighted by molar-refractivity contribution is 0.0786. The normalized spacial score (nSPS) is 12.3. The van der Waals surface area contributed by atoms with Gasteiger partial charge >= 0.3 is 0 Å². The summed E-state index contributed by atoms with van der Waals surface area (Å²) in [6, 6.07) is 7.91. The molecule has 0 aliphatic heterocycles. The van der Waals surface area contributed by atoms with E-state index in [9.17, 15) is 5.11 Å². The zero-order valence-electron chi connectivity index (χ0n) is 13.3. The maximum Gasteiger partial charge on any atom is 0.161 e. The number of benzene rings is 1. The first kappa shape index (κ1) is 14.0. The number of aromatic amines is 2. The van der Waals surface area contributed by atoms with Gasteiger partial charge in [0, 0.05) is 28.7 Å². The van der Waals surface area contributed by atoms with Crippen molar-refractivity contribution in [2.75, 3.05) is 0 Å². The van der Waals surface area contributed by atoms with E-state index in [2.05, 4.69) is 20.2 Å². The Balaban J connectivity index is 1.89. The third kappa shape index (κ3) is 2.12. The van der Waals surface area contributed by atoms with E-state index in [1.165, 1.54) is 0 Å². The fourth-order valence-corrected chi connectivity index (χ4v) is 2.98. The molecule has 0 fully saturated rings. The lowest BCUT2D eigenvalue weighted by Gasteiger charge is -2.17. The minimum absolute atomic E-state index is 0.758. The molecule has 0 unspecified atom stereocenters.